The summed E-state index contributed by atoms with van der Waals surface area (Å²) in [4.78, 5) is 8.95. The molecule has 1 unspecified atom stereocenters. The number of pyridine rings is 1. The number of imidazole rings is 1. The summed E-state index contributed by atoms with van der Waals surface area (Å²) in [6.45, 7) is 0. The summed E-state index contributed by atoms with van der Waals surface area (Å²) < 4.78 is 52.0. The molecule has 0 fully saturated rings. The SMILES string of the molecule is Cn1c(-c2ncccc2S(C)=O)nc2cc(C(F)(F)F)ccc21. The van der Waals surface area contributed by atoms with Crippen LogP contribution in [0.25, 0.3) is 22.6 Å². The van der Waals surface area contributed by atoms with E-state index in [4.69, 9.17) is 0 Å². The van der Waals surface area contributed by atoms with Gasteiger partial charge >= 0.3 is 6.18 Å². The van der Waals surface area contributed by atoms with Crippen LogP contribution in [0.2, 0.25) is 0 Å². The summed E-state index contributed by atoms with van der Waals surface area (Å²) >= 11 is 0. The summed E-state index contributed by atoms with van der Waals surface area (Å²) in [6.07, 6.45) is -1.37. The third-order valence-electron chi connectivity index (χ3n) is 3.50. The molecule has 3 aromatic rings. The van der Waals surface area contributed by atoms with E-state index in [1.165, 1.54) is 18.5 Å². The number of nitrogens with zero attached hydrogens (tertiary/aromatic N) is 3. The summed E-state index contributed by atoms with van der Waals surface area (Å²) in [6, 6.07) is 6.72. The van der Waals surface area contributed by atoms with E-state index in [1.807, 2.05) is 0 Å². The van der Waals surface area contributed by atoms with E-state index in [1.54, 1.807) is 23.7 Å². The molecule has 120 valence electrons. The highest BCUT2D eigenvalue weighted by Crippen LogP contribution is 2.33. The average Bonchev–Trinajstić information content (AvgIpc) is 2.83. The van der Waals surface area contributed by atoms with Crippen LogP contribution in [0.3, 0.4) is 0 Å². The monoisotopic (exact) mass is 339 g/mol. The van der Waals surface area contributed by atoms with Gasteiger partial charge in [0.2, 0.25) is 0 Å². The van der Waals surface area contributed by atoms with Crippen LogP contribution in [0.4, 0.5) is 13.2 Å². The minimum absolute atomic E-state index is 0.218. The Kier molecular flexibility index (Phi) is 3.71. The lowest BCUT2D eigenvalue weighted by molar-refractivity contribution is -0.137. The Bertz CT molecular complexity index is 918. The molecule has 3 rings (SSSR count). The average molecular weight is 339 g/mol. The number of hydrogen-bond acceptors (Lipinski definition) is 3. The molecule has 0 radical (unpaired) electrons. The first kappa shape index (κ1) is 15.7. The van der Waals surface area contributed by atoms with E-state index in [-0.39, 0.29) is 5.52 Å². The minimum Gasteiger partial charge on any atom is -0.326 e. The van der Waals surface area contributed by atoms with Gasteiger partial charge in [-0.2, -0.15) is 13.2 Å². The molecule has 0 aliphatic heterocycles. The van der Waals surface area contributed by atoms with Crippen molar-refractivity contribution in [3.05, 3.63) is 42.1 Å². The fraction of sp³-hybridized carbons (Fsp3) is 0.200. The van der Waals surface area contributed by atoms with Crippen LogP contribution in [0.5, 0.6) is 0 Å². The zero-order valence-corrected chi connectivity index (χ0v) is 13.1. The molecule has 0 N–H and O–H groups in total. The number of aromatic nitrogens is 3. The third-order valence-corrected chi connectivity index (χ3v) is 4.45. The van der Waals surface area contributed by atoms with Gasteiger partial charge in [-0.05, 0) is 30.3 Å². The van der Waals surface area contributed by atoms with Gasteiger partial charge in [0, 0.05) is 19.5 Å². The largest absolute Gasteiger partial charge is 0.416 e. The Morgan fingerprint density at radius 3 is 2.61 bits per heavy atom. The third kappa shape index (κ3) is 2.74. The van der Waals surface area contributed by atoms with Crippen LogP contribution in [0, 0.1) is 0 Å². The van der Waals surface area contributed by atoms with Crippen LogP contribution in [-0.4, -0.2) is 25.0 Å². The predicted octanol–water partition coefficient (Wildman–Crippen LogP) is 3.39. The summed E-state index contributed by atoms with van der Waals surface area (Å²) in [5.41, 5.74) is 0.415. The van der Waals surface area contributed by atoms with Crippen molar-refractivity contribution in [1.29, 1.82) is 0 Å². The molecule has 1 atom stereocenters. The van der Waals surface area contributed by atoms with Gasteiger partial charge < -0.3 is 4.57 Å². The Balaban J connectivity index is 2.24. The number of aryl methyl sites for hydroxylation is 1. The molecule has 4 nitrogen and oxygen atoms in total. The summed E-state index contributed by atoms with van der Waals surface area (Å²) in [7, 11) is 0.404. The Morgan fingerprint density at radius 1 is 1.22 bits per heavy atom. The maximum Gasteiger partial charge on any atom is 0.416 e. The van der Waals surface area contributed by atoms with Crippen molar-refractivity contribution in [2.45, 2.75) is 11.1 Å². The quantitative estimate of drug-likeness (QED) is 0.719. The van der Waals surface area contributed by atoms with E-state index >= 15 is 0 Å². The molecule has 0 aliphatic rings. The number of benzene rings is 1. The van der Waals surface area contributed by atoms with Gasteiger partial charge in [-0.15, -0.1) is 0 Å². The van der Waals surface area contributed by atoms with E-state index < -0.39 is 22.5 Å². The van der Waals surface area contributed by atoms with Crippen molar-refractivity contribution in [2.24, 2.45) is 7.05 Å². The summed E-state index contributed by atoms with van der Waals surface area (Å²) in [5, 5.41) is 0. The second-order valence-corrected chi connectivity index (χ2v) is 6.35. The Labute approximate surface area is 132 Å². The molecule has 1 aromatic carbocycles. The standard InChI is InChI=1S/C15H12F3N3OS/c1-21-11-6-5-9(15(16,17)18)8-10(11)20-14(21)13-12(23(2)22)4-3-7-19-13/h3-8H,1-2H3. The maximum atomic E-state index is 12.8. The molecule has 0 aliphatic carbocycles. The van der Waals surface area contributed by atoms with Gasteiger partial charge in [0.25, 0.3) is 0 Å². The Morgan fingerprint density at radius 2 is 1.96 bits per heavy atom. The van der Waals surface area contributed by atoms with Gasteiger partial charge in [0.1, 0.15) is 5.69 Å². The zero-order valence-electron chi connectivity index (χ0n) is 12.3. The zero-order chi connectivity index (χ0) is 16.8. The fourth-order valence-electron chi connectivity index (χ4n) is 2.38. The molecule has 2 heterocycles. The first-order chi connectivity index (χ1) is 10.8. The van der Waals surface area contributed by atoms with Crippen LogP contribution in [-0.2, 0) is 24.0 Å². The Hall–Kier alpha value is -2.22. The number of rotatable bonds is 2. The van der Waals surface area contributed by atoms with E-state index in [2.05, 4.69) is 9.97 Å². The van der Waals surface area contributed by atoms with Crippen LogP contribution in [0.1, 0.15) is 5.56 Å². The lowest BCUT2D eigenvalue weighted by Gasteiger charge is -2.06. The van der Waals surface area contributed by atoms with E-state index in [0.717, 1.165) is 12.1 Å². The highest BCUT2D eigenvalue weighted by Gasteiger charge is 2.31. The first-order valence-electron chi connectivity index (χ1n) is 6.61. The second kappa shape index (κ2) is 5.45. The molecule has 0 spiro atoms. The summed E-state index contributed by atoms with van der Waals surface area (Å²) in [5.74, 6) is 0.380. The molecule has 8 heteroatoms. The predicted molar refractivity (Wildman–Crippen MR) is 81.3 cm³/mol. The van der Waals surface area contributed by atoms with Gasteiger partial charge in [-0.1, -0.05) is 0 Å². The molecular weight excluding hydrogens is 327 g/mol. The smallest absolute Gasteiger partial charge is 0.326 e. The first-order valence-corrected chi connectivity index (χ1v) is 8.17. The highest BCUT2D eigenvalue weighted by molar-refractivity contribution is 7.84. The second-order valence-electron chi connectivity index (χ2n) is 5.00. The van der Waals surface area contributed by atoms with Crippen molar-refractivity contribution < 1.29 is 17.4 Å². The number of hydrogen-bond donors (Lipinski definition) is 0. The van der Waals surface area contributed by atoms with Gasteiger partial charge in [-0.25, -0.2) is 4.98 Å². The van der Waals surface area contributed by atoms with Crippen molar-refractivity contribution in [3.63, 3.8) is 0 Å². The molecule has 23 heavy (non-hydrogen) atoms. The fourth-order valence-corrected chi connectivity index (χ4v) is 3.06. The maximum absolute atomic E-state index is 12.8. The van der Waals surface area contributed by atoms with Gasteiger partial charge in [0.15, 0.2) is 5.82 Å². The van der Waals surface area contributed by atoms with E-state index in [9.17, 15) is 17.4 Å². The van der Waals surface area contributed by atoms with Gasteiger partial charge in [0.05, 0.1) is 32.3 Å². The van der Waals surface area contributed by atoms with Crippen LogP contribution < -0.4 is 0 Å². The van der Waals surface area contributed by atoms with Crippen LogP contribution >= 0.6 is 0 Å². The van der Waals surface area contributed by atoms with Crippen molar-refractivity contribution in [2.75, 3.05) is 6.26 Å². The number of halogens is 3. The van der Waals surface area contributed by atoms with Crippen molar-refractivity contribution in [3.8, 4) is 11.5 Å². The van der Waals surface area contributed by atoms with E-state index in [0.29, 0.717) is 21.9 Å². The number of fused-ring (bicyclic) bond motifs is 1. The molecule has 0 amide bonds. The minimum atomic E-state index is -4.42. The number of alkyl halides is 3. The lowest BCUT2D eigenvalue weighted by Crippen LogP contribution is -2.04. The van der Waals surface area contributed by atoms with Crippen molar-refractivity contribution >= 4 is 21.8 Å². The van der Waals surface area contributed by atoms with Crippen molar-refractivity contribution in [1.82, 2.24) is 14.5 Å². The normalized spacial score (nSPS) is 13.4. The van der Waals surface area contributed by atoms with Crippen LogP contribution in [0.15, 0.2) is 41.4 Å². The highest BCUT2D eigenvalue weighted by atomic mass is 32.2. The topological polar surface area (TPSA) is 47.8 Å². The molecule has 0 saturated carbocycles. The molecule has 2 aromatic heterocycles. The van der Waals surface area contributed by atoms with Gasteiger partial charge in [-0.3, -0.25) is 9.19 Å². The lowest BCUT2D eigenvalue weighted by atomic mass is 10.2. The molecule has 0 saturated heterocycles. The molecular formula is C15H12F3N3OS. The molecule has 0 bridgehead atoms.